The Kier molecular flexibility index (Phi) is 8.33. The third-order valence-corrected chi connectivity index (χ3v) is 6.80. The quantitative estimate of drug-likeness (QED) is 0.381. The minimum atomic E-state index is -4.40. The van der Waals surface area contributed by atoms with Gasteiger partial charge in [0.1, 0.15) is 0 Å². The van der Waals surface area contributed by atoms with Crippen LogP contribution in [0.25, 0.3) is 5.57 Å². The molecule has 0 aliphatic carbocycles. The number of hydrogen-bond donors (Lipinski definition) is 1. The number of nitriles is 1. The third-order valence-electron chi connectivity index (χ3n) is 6.80. The number of hydrogen-bond acceptors (Lipinski definition) is 3. The van der Waals surface area contributed by atoms with E-state index in [-0.39, 0.29) is 18.4 Å². The lowest BCUT2D eigenvalue weighted by Gasteiger charge is -2.31. The fourth-order valence-electron chi connectivity index (χ4n) is 4.83. The first-order chi connectivity index (χ1) is 18.2. The first-order valence-corrected chi connectivity index (χ1v) is 12.6. The van der Waals surface area contributed by atoms with Gasteiger partial charge >= 0.3 is 6.18 Å². The monoisotopic (exact) mass is 517 g/mol. The van der Waals surface area contributed by atoms with Gasteiger partial charge in [-0.05, 0) is 64.4 Å². The van der Waals surface area contributed by atoms with E-state index in [9.17, 15) is 23.2 Å². The number of carbonyl (C=O) groups excluding carboxylic acids is 1. The summed E-state index contributed by atoms with van der Waals surface area (Å²) >= 11 is 0. The zero-order valence-corrected chi connectivity index (χ0v) is 21.5. The largest absolute Gasteiger partial charge is 0.416 e. The van der Waals surface area contributed by atoms with Crippen LogP contribution in [0.2, 0.25) is 0 Å². The van der Waals surface area contributed by atoms with Gasteiger partial charge in [0.2, 0.25) is 5.91 Å². The zero-order chi connectivity index (χ0) is 27.3. The number of halogens is 3. The van der Waals surface area contributed by atoms with Crippen molar-refractivity contribution in [1.82, 2.24) is 10.2 Å². The van der Waals surface area contributed by atoms with Crippen LogP contribution in [0.15, 0.2) is 78.4 Å². The van der Waals surface area contributed by atoms with Crippen molar-refractivity contribution in [1.29, 1.82) is 5.26 Å². The van der Waals surface area contributed by atoms with Gasteiger partial charge < -0.3 is 5.32 Å². The van der Waals surface area contributed by atoms with Crippen molar-refractivity contribution >= 4 is 11.5 Å². The Bertz CT molecular complexity index is 1370. The van der Waals surface area contributed by atoms with Crippen LogP contribution in [0.4, 0.5) is 13.2 Å². The fraction of sp³-hybridized carbons (Fsp3) is 0.290. The molecule has 0 spiro atoms. The summed E-state index contributed by atoms with van der Waals surface area (Å²) in [5.74, 6) is 0.0517. The van der Waals surface area contributed by atoms with Crippen LogP contribution in [0.1, 0.15) is 59.6 Å². The highest BCUT2D eigenvalue weighted by Crippen LogP contribution is 2.34. The minimum Gasteiger partial charge on any atom is -0.348 e. The highest BCUT2D eigenvalue weighted by Gasteiger charge is 2.30. The van der Waals surface area contributed by atoms with Gasteiger partial charge in [-0.2, -0.15) is 18.4 Å². The van der Waals surface area contributed by atoms with Gasteiger partial charge in [-0.15, -0.1) is 0 Å². The van der Waals surface area contributed by atoms with E-state index in [1.54, 1.807) is 6.07 Å². The molecule has 4 nitrogen and oxygen atoms in total. The summed E-state index contributed by atoms with van der Waals surface area (Å²) in [6, 6.07) is 22.6. The third kappa shape index (κ3) is 6.51. The van der Waals surface area contributed by atoms with E-state index < -0.39 is 11.7 Å². The van der Waals surface area contributed by atoms with E-state index >= 15 is 0 Å². The number of rotatable bonds is 7. The number of carbonyl (C=O) groups is 1. The SMILES string of the molecule is CC(C)c1ccccc1C1=C(C(=O)NCc2ccc(C(F)(F)F)cc2)CN(Cc2cccc(C#N)c2)CC1. The number of nitrogens with zero attached hydrogens (tertiary/aromatic N) is 2. The van der Waals surface area contributed by atoms with E-state index in [1.807, 2.05) is 30.3 Å². The molecule has 4 rings (SSSR count). The summed E-state index contributed by atoms with van der Waals surface area (Å²) in [5.41, 5.74) is 5.37. The van der Waals surface area contributed by atoms with Crippen LogP contribution in [0.3, 0.4) is 0 Å². The topological polar surface area (TPSA) is 56.1 Å². The Morgan fingerprint density at radius 1 is 1.03 bits per heavy atom. The molecule has 1 amide bonds. The molecule has 1 heterocycles. The minimum absolute atomic E-state index is 0.129. The van der Waals surface area contributed by atoms with Crippen molar-refractivity contribution in [2.75, 3.05) is 13.1 Å². The van der Waals surface area contributed by atoms with Gasteiger partial charge in [0.25, 0.3) is 0 Å². The number of benzene rings is 3. The molecule has 1 N–H and O–H groups in total. The van der Waals surface area contributed by atoms with Crippen molar-refractivity contribution in [3.8, 4) is 6.07 Å². The zero-order valence-electron chi connectivity index (χ0n) is 21.5. The molecular weight excluding hydrogens is 487 g/mol. The Hall–Kier alpha value is -3.89. The molecule has 3 aromatic carbocycles. The molecule has 0 aromatic heterocycles. The second-order valence-corrected chi connectivity index (χ2v) is 9.85. The predicted molar refractivity (Wildman–Crippen MR) is 142 cm³/mol. The molecular formula is C31H30F3N3O. The second kappa shape index (κ2) is 11.7. The summed E-state index contributed by atoms with van der Waals surface area (Å²) in [4.78, 5) is 15.7. The van der Waals surface area contributed by atoms with E-state index in [1.165, 1.54) is 17.7 Å². The molecule has 0 unspecified atom stereocenters. The lowest BCUT2D eigenvalue weighted by molar-refractivity contribution is -0.137. The Morgan fingerprint density at radius 2 is 1.76 bits per heavy atom. The van der Waals surface area contributed by atoms with E-state index in [0.717, 1.165) is 35.4 Å². The van der Waals surface area contributed by atoms with Crippen LogP contribution in [0.5, 0.6) is 0 Å². The van der Waals surface area contributed by atoms with Crippen molar-refractivity contribution < 1.29 is 18.0 Å². The van der Waals surface area contributed by atoms with Gasteiger partial charge in [-0.25, -0.2) is 0 Å². The molecule has 0 saturated carbocycles. The lowest BCUT2D eigenvalue weighted by atomic mass is 9.86. The first kappa shape index (κ1) is 27.2. The van der Waals surface area contributed by atoms with Crippen LogP contribution in [0, 0.1) is 11.3 Å². The molecule has 196 valence electrons. The van der Waals surface area contributed by atoms with E-state index in [0.29, 0.717) is 36.2 Å². The smallest absolute Gasteiger partial charge is 0.348 e. The highest BCUT2D eigenvalue weighted by atomic mass is 19.4. The Balaban J connectivity index is 1.60. The number of nitrogens with one attached hydrogen (secondary N) is 1. The highest BCUT2D eigenvalue weighted by molar-refractivity contribution is 6.02. The average molecular weight is 518 g/mol. The van der Waals surface area contributed by atoms with Gasteiger partial charge in [0.05, 0.1) is 17.2 Å². The van der Waals surface area contributed by atoms with E-state index in [2.05, 4.69) is 42.3 Å². The summed E-state index contributed by atoms with van der Waals surface area (Å²) in [7, 11) is 0. The average Bonchev–Trinajstić information content (AvgIpc) is 2.91. The van der Waals surface area contributed by atoms with Gasteiger partial charge in [0, 0.05) is 31.8 Å². The molecule has 0 radical (unpaired) electrons. The Labute approximate surface area is 221 Å². The van der Waals surface area contributed by atoms with Crippen molar-refractivity contribution in [3.63, 3.8) is 0 Å². The molecule has 0 atom stereocenters. The molecule has 0 saturated heterocycles. The maximum Gasteiger partial charge on any atom is 0.416 e. The maximum absolute atomic E-state index is 13.5. The molecule has 38 heavy (non-hydrogen) atoms. The van der Waals surface area contributed by atoms with Crippen molar-refractivity contribution in [3.05, 3.63) is 112 Å². The number of alkyl halides is 3. The normalized spacial score (nSPS) is 14.4. The number of amides is 1. The first-order valence-electron chi connectivity index (χ1n) is 12.6. The van der Waals surface area contributed by atoms with Crippen molar-refractivity contribution in [2.24, 2.45) is 0 Å². The molecule has 1 aliphatic heterocycles. The van der Waals surface area contributed by atoms with Gasteiger partial charge in [-0.1, -0.05) is 62.4 Å². The van der Waals surface area contributed by atoms with E-state index in [4.69, 9.17) is 0 Å². The van der Waals surface area contributed by atoms with Crippen LogP contribution in [-0.2, 0) is 24.1 Å². The Morgan fingerprint density at radius 3 is 2.45 bits per heavy atom. The predicted octanol–water partition coefficient (Wildman–Crippen LogP) is 6.68. The lowest BCUT2D eigenvalue weighted by Crippen LogP contribution is -2.37. The molecule has 0 bridgehead atoms. The maximum atomic E-state index is 13.5. The van der Waals surface area contributed by atoms with Gasteiger partial charge in [0.15, 0.2) is 0 Å². The van der Waals surface area contributed by atoms with Gasteiger partial charge in [-0.3, -0.25) is 9.69 Å². The standard InChI is InChI=1S/C31H30F3N3O/c1-21(2)26-8-3-4-9-27(26)28-14-15-37(19-24-7-5-6-23(16-24)17-35)20-29(28)30(38)36-18-22-10-12-25(13-11-22)31(32,33)34/h3-13,16,21H,14-15,18-20H2,1-2H3,(H,36,38). The fourth-order valence-corrected chi connectivity index (χ4v) is 4.83. The molecule has 7 heteroatoms. The summed E-state index contributed by atoms with van der Waals surface area (Å²) in [6.45, 7) is 6.17. The second-order valence-electron chi connectivity index (χ2n) is 9.85. The molecule has 1 aliphatic rings. The summed E-state index contributed by atoms with van der Waals surface area (Å²) < 4.78 is 38.7. The molecule has 3 aromatic rings. The summed E-state index contributed by atoms with van der Waals surface area (Å²) in [6.07, 6.45) is -3.71. The van der Waals surface area contributed by atoms with Crippen molar-refractivity contribution in [2.45, 2.75) is 45.5 Å². The van der Waals surface area contributed by atoms with Crippen LogP contribution < -0.4 is 5.32 Å². The molecule has 0 fully saturated rings. The van der Waals surface area contributed by atoms with Crippen LogP contribution >= 0.6 is 0 Å². The summed E-state index contributed by atoms with van der Waals surface area (Å²) in [5, 5.41) is 12.2. The van der Waals surface area contributed by atoms with Crippen LogP contribution in [-0.4, -0.2) is 23.9 Å².